The number of halogens is 6. The molecule has 3 aliphatic heterocycles. The molecule has 2 aromatic rings. The highest BCUT2D eigenvalue weighted by Crippen LogP contribution is 2.50. The summed E-state index contributed by atoms with van der Waals surface area (Å²) in [6.45, 7) is 1.54. The number of carbonyl (C=O) groups is 1. The number of nitrogens with zero attached hydrogens (tertiary/aromatic N) is 2. The number of hydrogen-bond acceptors (Lipinski definition) is 6. The third kappa shape index (κ3) is 3.84. The number of oxime groups is 1. The number of hydrogen-bond donors (Lipinski definition) is 1. The highest BCUT2D eigenvalue weighted by Gasteiger charge is 2.63. The molecule has 13 heteroatoms. The van der Waals surface area contributed by atoms with E-state index in [-0.39, 0.29) is 24.3 Å². The van der Waals surface area contributed by atoms with Crippen LogP contribution in [-0.2, 0) is 28.3 Å². The van der Waals surface area contributed by atoms with Crippen molar-refractivity contribution in [3.05, 3.63) is 54.9 Å². The number of alkyl halides is 3. The molecular weight excluding hydrogens is 509 g/mol. The number of carbonyl (C=O) groups excluding carboxylic acids is 1. The van der Waals surface area contributed by atoms with E-state index in [0.717, 1.165) is 22.6 Å². The quantitative estimate of drug-likeness (QED) is 0.462. The maximum absolute atomic E-state index is 14.2. The normalized spacial score (nSPS) is 22.6. The zero-order chi connectivity index (χ0) is 23.5. The van der Waals surface area contributed by atoms with Gasteiger partial charge in [0, 0.05) is 17.0 Å². The summed E-state index contributed by atoms with van der Waals surface area (Å²) in [6, 6.07) is 3.45. The standard InChI is InChI=1S/C20H15Cl2F4N3O3S/c21-12-2-10(3-13(22)17(12)23)19(20(24,25)26)4-16(28-32-19)29-5-9-1-14(33-15(9)6-29)18(30)27-11-7-31-8-11/h1-3,11H,4-8H2,(H,27,30). The van der Waals surface area contributed by atoms with Crippen molar-refractivity contribution < 1.29 is 31.9 Å². The highest BCUT2D eigenvalue weighted by atomic mass is 35.5. The number of nitrogens with one attached hydrogen (secondary N) is 1. The first-order chi connectivity index (χ1) is 15.6. The first-order valence-corrected chi connectivity index (χ1v) is 11.4. The van der Waals surface area contributed by atoms with Crippen molar-refractivity contribution >= 4 is 46.3 Å². The van der Waals surface area contributed by atoms with Gasteiger partial charge in [0.1, 0.15) is 5.84 Å². The van der Waals surface area contributed by atoms with Crippen molar-refractivity contribution in [2.45, 2.75) is 37.3 Å². The zero-order valence-electron chi connectivity index (χ0n) is 16.6. The molecule has 0 saturated carbocycles. The Morgan fingerprint density at radius 3 is 2.48 bits per heavy atom. The second-order valence-electron chi connectivity index (χ2n) is 7.98. The molecule has 0 bridgehead atoms. The van der Waals surface area contributed by atoms with E-state index in [2.05, 4.69) is 10.5 Å². The molecule has 0 spiro atoms. The van der Waals surface area contributed by atoms with E-state index < -0.39 is 39.6 Å². The Morgan fingerprint density at radius 2 is 1.91 bits per heavy atom. The van der Waals surface area contributed by atoms with Gasteiger partial charge < -0.3 is 19.8 Å². The predicted octanol–water partition coefficient (Wildman–Crippen LogP) is 4.83. The van der Waals surface area contributed by atoms with Crippen LogP contribution in [0.25, 0.3) is 0 Å². The van der Waals surface area contributed by atoms with E-state index in [1.165, 1.54) is 11.3 Å². The monoisotopic (exact) mass is 523 g/mol. The molecule has 1 fully saturated rings. The third-order valence-corrected chi connectivity index (χ3v) is 7.49. The van der Waals surface area contributed by atoms with Gasteiger partial charge in [-0.2, -0.15) is 13.2 Å². The molecule has 3 aliphatic rings. The van der Waals surface area contributed by atoms with Gasteiger partial charge in [0.2, 0.25) is 0 Å². The lowest BCUT2D eigenvalue weighted by Crippen LogP contribution is -2.48. The third-order valence-electron chi connectivity index (χ3n) is 5.78. The van der Waals surface area contributed by atoms with Gasteiger partial charge in [-0.3, -0.25) is 4.79 Å². The van der Waals surface area contributed by atoms with Crippen LogP contribution in [0, 0.1) is 5.82 Å². The van der Waals surface area contributed by atoms with Crippen LogP contribution in [0.15, 0.2) is 23.4 Å². The lowest BCUT2D eigenvalue weighted by atomic mass is 9.89. The van der Waals surface area contributed by atoms with E-state index in [1.807, 2.05) is 0 Å². The molecule has 0 aliphatic carbocycles. The van der Waals surface area contributed by atoms with Crippen molar-refractivity contribution in [1.82, 2.24) is 10.2 Å². The fraction of sp³-hybridized carbons (Fsp3) is 0.400. The maximum atomic E-state index is 14.2. The molecule has 1 amide bonds. The molecule has 1 atom stereocenters. The molecule has 176 valence electrons. The molecule has 1 unspecified atom stereocenters. The maximum Gasteiger partial charge on any atom is 0.435 e. The number of benzene rings is 1. The molecule has 0 radical (unpaired) electrons. The van der Waals surface area contributed by atoms with Crippen LogP contribution in [0.2, 0.25) is 10.0 Å². The van der Waals surface area contributed by atoms with Crippen molar-refractivity contribution in [2.24, 2.45) is 5.16 Å². The SMILES string of the molecule is O=C(NC1COC1)c1cc2c(s1)CN(C1=NOC(c3cc(Cl)c(F)c(Cl)c3)(C(F)(F)F)C1)C2. The number of ether oxygens (including phenoxy) is 1. The minimum atomic E-state index is -4.87. The van der Waals surface area contributed by atoms with E-state index in [4.69, 9.17) is 32.8 Å². The second-order valence-corrected chi connectivity index (χ2v) is 9.93. The Hall–Kier alpha value is -2.08. The van der Waals surface area contributed by atoms with Gasteiger partial charge in [0.15, 0.2) is 5.82 Å². The van der Waals surface area contributed by atoms with Gasteiger partial charge in [0.25, 0.3) is 11.5 Å². The molecule has 1 saturated heterocycles. The predicted molar refractivity (Wildman–Crippen MR) is 113 cm³/mol. The lowest BCUT2D eigenvalue weighted by molar-refractivity contribution is -0.275. The summed E-state index contributed by atoms with van der Waals surface area (Å²) in [5.74, 6) is -1.12. The summed E-state index contributed by atoms with van der Waals surface area (Å²) in [6.07, 6.45) is -5.50. The Balaban J connectivity index is 1.33. The zero-order valence-corrected chi connectivity index (χ0v) is 19.0. The van der Waals surface area contributed by atoms with E-state index in [0.29, 0.717) is 24.6 Å². The Bertz CT molecular complexity index is 1120. The van der Waals surface area contributed by atoms with Gasteiger partial charge in [0.05, 0.1) is 47.1 Å². The van der Waals surface area contributed by atoms with E-state index in [1.54, 1.807) is 11.0 Å². The van der Waals surface area contributed by atoms with Crippen LogP contribution in [-0.4, -0.2) is 42.1 Å². The number of thiophene rings is 1. The first-order valence-electron chi connectivity index (χ1n) is 9.79. The molecule has 1 aromatic heterocycles. The molecule has 1 N–H and O–H groups in total. The average molecular weight is 524 g/mol. The Morgan fingerprint density at radius 1 is 1.21 bits per heavy atom. The summed E-state index contributed by atoms with van der Waals surface area (Å²) < 4.78 is 61.3. The molecule has 6 nitrogen and oxygen atoms in total. The summed E-state index contributed by atoms with van der Waals surface area (Å²) in [4.78, 5) is 20.4. The molecule has 4 heterocycles. The van der Waals surface area contributed by atoms with Crippen LogP contribution in [0.1, 0.15) is 32.1 Å². The van der Waals surface area contributed by atoms with Crippen LogP contribution in [0.5, 0.6) is 0 Å². The van der Waals surface area contributed by atoms with Crippen LogP contribution in [0.3, 0.4) is 0 Å². The second kappa shape index (κ2) is 8.00. The van der Waals surface area contributed by atoms with Crippen molar-refractivity contribution in [2.75, 3.05) is 13.2 Å². The molecular formula is C20H15Cl2F4N3O3S. The summed E-state index contributed by atoms with van der Waals surface area (Å²) in [5, 5.41) is 5.51. The number of amides is 1. The van der Waals surface area contributed by atoms with Crippen molar-refractivity contribution in [1.29, 1.82) is 0 Å². The molecule has 33 heavy (non-hydrogen) atoms. The van der Waals surface area contributed by atoms with Crippen molar-refractivity contribution in [3.63, 3.8) is 0 Å². The van der Waals surface area contributed by atoms with Crippen molar-refractivity contribution in [3.8, 4) is 0 Å². The van der Waals surface area contributed by atoms with E-state index >= 15 is 0 Å². The average Bonchev–Trinajstić information content (AvgIpc) is 3.40. The fourth-order valence-electron chi connectivity index (χ4n) is 3.89. The smallest absolute Gasteiger partial charge is 0.377 e. The molecule has 1 aromatic carbocycles. The van der Waals surface area contributed by atoms with Crippen LogP contribution in [0.4, 0.5) is 17.6 Å². The largest absolute Gasteiger partial charge is 0.435 e. The Labute approximate surface area is 199 Å². The summed E-state index contributed by atoms with van der Waals surface area (Å²) in [7, 11) is 0. The fourth-order valence-corrected chi connectivity index (χ4v) is 5.47. The molecule has 5 rings (SSSR count). The minimum absolute atomic E-state index is 0.0000999. The summed E-state index contributed by atoms with van der Waals surface area (Å²) in [5.41, 5.74) is -2.43. The highest BCUT2D eigenvalue weighted by molar-refractivity contribution is 7.14. The van der Waals surface area contributed by atoms with Crippen LogP contribution >= 0.6 is 34.5 Å². The van der Waals surface area contributed by atoms with Gasteiger partial charge >= 0.3 is 6.18 Å². The number of amidine groups is 1. The van der Waals surface area contributed by atoms with Gasteiger partial charge in [-0.1, -0.05) is 28.4 Å². The van der Waals surface area contributed by atoms with Crippen LogP contribution < -0.4 is 5.32 Å². The summed E-state index contributed by atoms with van der Waals surface area (Å²) >= 11 is 12.8. The lowest BCUT2D eigenvalue weighted by Gasteiger charge is -2.30. The van der Waals surface area contributed by atoms with Gasteiger partial charge in [-0.25, -0.2) is 4.39 Å². The topological polar surface area (TPSA) is 63.2 Å². The number of fused-ring (bicyclic) bond motifs is 1. The van der Waals surface area contributed by atoms with Gasteiger partial charge in [-0.05, 0) is 23.8 Å². The Kier molecular flexibility index (Phi) is 5.50. The first kappa shape index (κ1) is 22.7. The van der Waals surface area contributed by atoms with Gasteiger partial charge in [-0.15, -0.1) is 11.3 Å². The van der Waals surface area contributed by atoms with E-state index in [9.17, 15) is 22.4 Å². The number of rotatable bonds is 3. The minimum Gasteiger partial charge on any atom is -0.377 e.